The first-order chi connectivity index (χ1) is 12.1. The van der Waals surface area contributed by atoms with Gasteiger partial charge in [0.1, 0.15) is 0 Å². The van der Waals surface area contributed by atoms with E-state index in [9.17, 15) is 9.90 Å². The normalized spacial score (nSPS) is 30.4. The van der Waals surface area contributed by atoms with Crippen molar-refractivity contribution in [2.24, 2.45) is 5.92 Å². The third kappa shape index (κ3) is 3.59. The van der Waals surface area contributed by atoms with Gasteiger partial charge in [0.15, 0.2) is 0 Å². The number of rotatable bonds is 4. The van der Waals surface area contributed by atoms with Gasteiger partial charge in [0.2, 0.25) is 17.7 Å². The molecule has 2 heterocycles. The topological polar surface area (TPSA) is 79.5 Å². The van der Waals surface area contributed by atoms with Gasteiger partial charge in [-0.2, -0.15) is 0 Å². The molecule has 4 rings (SSSR count). The number of nitrogens with zero attached hydrogens (tertiary/aromatic N) is 3. The summed E-state index contributed by atoms with van der Waals surface area (Å²) in [4.78, 5) is 14.5. The van der Waals surface area contributed by atoms with Crippen molar-refractivity contribution >= 4 is 5.91 Å². The molecule has 138 valence electrons. The van der Waals surface area contributed by atoms with Crippen LogP contribution in [0.1, 0.15) is 81.9 Å². The SMILES string of the molecule is O=C(CCc1nnc(C2CCCC2)o1)N1CC[C@]2(O)CCCC[C@@H]2C1. The van der Waals surface area contributed by atoms with Crippen LogP contribution in [0.4, 0.5) is 0 Å². The molecule has 6 heteroatoms. The quantitative estimate of drug-likeness (QED) is 0.906. The van der Waals surface area contributed by atoms with Gasteiger partial charge in [0.05, 0.1) is 5.60 Å². The molecule has 1 aromatic rings. The molecule has 6 nitrogen and oxygen atoms in total. The van der Waals surface area contributed by atoms with Gasteiger partial charge >= 0.3 is 0 Å². The van der Waals surface area contributed by atoms with E-state index in [1.807, 2.05) is 4.90 Å². The summed E-state index contributed by atoms with van der Waals surface area (Å²) in [7, 11) is 0. The summed E-state index contributed by atoms with van der Waals surface area (Å²) >= 11 is 0. The minimum absolute atomic E-state index is 0.147. The van der Waals surface area contributed by atoms with E-state index in [0.717, 1.165) is 44.4 Å². The maximum absolute atomic E-state index is 12.6. The fourth-order valence-corrected chi connectivity index (χ4v) is 4.87. The number of aromatic nitrogens is 2. The molecule has 3 aliphatic rings. The van der Waals surface area contributed by atoms with Crippen LogP contribution >= 0.6 is 0 Å². The number of piperidine rings is 1. The van der Waals surface area contributed by atoms with Crippen molar-refractivity contribution in [1.82, 2.24) is 15.1 Å². The van der Waals surface area contributed by atoms with Gasteiger partial charge in [0.25, 0.3) is 0 Å². The average molecular weight is 347 g/mol. The van der Waals surface area contributed by atoms with Crippen LogP contribution in [-0.4, -0.2) is 44.8 Å². The van der Waals surface area contributed by atoms with Crippen molar-refractivity contribution in [3.63, 3.8) is 0 Å². The second-order valence-corrected chi connectivity index (χ2v) is 8.15. The van der Waals surface area contributed by atoms with Gasteiger partial charge < -0.3 is 14.4 Å². The molecule has 1 aromatic heterocycles. The van der Waals surface area contributed by atoms with Crippen LogP contribution in [0.15, 0.2) is 4.42 Å². The Morgan fingerprint density at radius 3 is 2.80 bits per heavy atom. The van der Waals surface area contributed by atoms with Gasteiger partial charge in [-0.15, -0.1) is 10.2 Å². The third-order valence-electron chi connectivity index (χ3n) is 6.52. The average Bonchev–Trinajstić information content (AvgIpc) is 3.30. The fourth-order valence-electron chi connectivity index (χ4n) is 4.87. The van der Waals surface area contributed by atoms with E-state index in [1.54, 1.807) is 0 Å². The van der Waals surface area contributed by atoms with E-state index in [0.29, 0.717) is 37.7 Å². The first-order valence-electron chi connectivity index (χ1n) is 9.96. The molecule has 0 radical (unpaired) electrons. The summed E-state index contributed by atoms with van der Waals surface area (Å²) < 4.78 is 5.77. The molecule has 2 aliphatic carbocycles. The highest BCUT2D eigenvalue weighted by atomic mass is 16.4. The largest absolute Gasteiger partial charge is 0.425 e. The second kappa shape index (κ2) is 7.06. The van der Waals surface area contributed by atoms with Crippen LogP contribution in [0, 0.1) is 5.92 Å². The summed E-state index contributed by atoms with van der Waals surface area (Å²) in [5, 5.41) is 19.0. The van der Waals surface area contributed by atoms with Gasteiger partial charge in [-0.3, -0.25) is 4.79 Å². The van der Waals surface area contributed by atoms with Gasteiger partial charge in [-0.05, 0) is 32.1 Å². The first-order valence-corrected chi connectivity index (χ1v) is 9.96. The number of carbonyl (C=O) groups excluding carboxylic acids is 1. The lowest BCUT2D eigenvalue weighted by Gasteiger charge is -2.47. The van der Waals surface area contributed by atoms with Gasteiger partial charge in [-0.25, -0.2) is 0 Å². The monoisotopic (exact) mass is 347 g/mol. The molecule has 1 amide bonds. The Balaban J connectivity index is 1.29. The van der Waals surface area contributed by atoms with Gasteiger partial charge in [-0.1, -0.05) is 25.7 Å². The molecule has 1 N–H and O–H groups in total. The zero-order chi connectivity index (χ0) is 17.3. The van der Waals surface area contributed by atoms with E-state index in [2.05, 4.69) is 10.2 Å². The zero-order valence-electron chi connectivity index (χ0n) is 15.0. The van der Waals surface area contributed by atoms with Crippen molar-refractivity contribution < 1.29 is 14.3 Å². The number of hydrogen-bond donors (Lipinski definition) is 1. The summed E-state index contributed by atoms with van der Waals surface area (Å²) in [6.07, 6.45) is 10.6. The Morgan fingerprint density at radius 2 is 1.96 bits per heavy atom. The summed E-state index contributed by atoms with van der Waals surface area (Å²) in [6, 6.07) is 0. The zero-order valence-corrected chi connectivity index (χ0v) is 15.0. The Bertz CT molecular complexity index is 611. The Hall–Kier alpha value is -1.43. The Labute approximate surface area is 149 Å². The first kappa shape index (κ1) is 17.0. The van der Waals surface area contributed by atoms with Crippen LogP contribution in [0.3, 0.4) is 0 Å². The molecule has 0 unspecified atom stereocenters. The highest BCUT2D eigenvalue weighted by molar-refractivity contribution is 5.76. The molecule has 0 spiro atoms. The van der Waals surface area contributed by atoms with Crippen LogP contribution in [0.2, 0.25) is 0 Å². The van der Waals surface area contributed by atoms with E-state index in [4.69, 9.17) is 4.42 Å². The third-order valence-corrected chi connectivity index (χ3v) is 6.52. The number of aryl methyl sites for hydroxylation is 1. The van der Waals surface area contributed by atoms with Crippen molar-refractivity contribution in [2.45, 2.75) is 82.1 Å². The molecule has 3 fully saturated rings. The number of hydrogen-bond acceptors (Lipinski definition) is 5. The molecule has 25 heavy (non-hydrogen) atoms. The Kier molecular flexibility index (Phi) is 4.80. The van der Waals surface area contributed by atoms with Gasteiger partial charge in [0, 0.05) is 37.8 Å². The van der Waals surface area contributed by atoms with Crippen molar-refractivity contribution in [3.8, 4) is 0 Å². The number of fused-ring (bicyclic) bond motifs is 1. The fraction of sp³-hybridized carbons (Fsp3) is 0.842. The number of carbonyl (C=O) groups is 1. The molecular weight excluding hydrogens is 318 g/mol. The van der Waals surface area contributed by atoms with Crippen LogP contribution in [0.25, 0.3) is 0 Å². The van der Waals surface area contributed by atoms with Crippen molar-refractivity contribution in [3.05, 3.63) is 11.8 Å². The van der Waals surface area contributed by atoms with Crippen molar-refractivity contribution in [1.29, 1.82) is 0 Å². The van der Waals surface area contributed by atoms with Crippen LogP contribution < -0.4 is 0 Å². The second-order valence-electron chi connectivity index (χ2n) is 8.15. The molecule has 0 aromatic carbocycles. The van der Waals surface area contributed by atoms with Crippen molar-refractivity contribution in [2.75, 3.05) is 13.1 Å². The summed E-state index contributed by atoms with van der Waals surface area (Å²) in [5.41, 5.74) is -0.530. The van der Waals surface area contributed by atoms with Crippen LogP contribution in [0.5, 0.6) is 0 Å². The predicted octanol–water partition coefficient (Wildman–Crippen LogP) is 2.81. The molecule has 1 aliphatic heterocycles. The maximum atomic E-state index is 12.6. The standard InChI is InChI=1S/C19H29N3O3/c23-17(22-12-11-19(24)10-4-3-7-15(19)13-22)9-8-16-20-21-18(25-16)14-5-1-2-6-14/h14-15,24H,1-13H2/t15-,19-/m1/s1. The van der Waals surface area contributed by atoms with E-state index < -0.39 is 5.60 Å². The summed E-state index contributed by atoms with van der Waals surface area (Å²) in [5.74, 6) is 2.15. The molecule has 2 atom stereocenters. The molecule has 1 saturated heterocycles. The number of likely N-dealkylation sites (tertiary alicyclic amines) is 1. The lowest BCUT2D eigenvalue weighted by atomic mass is 9.71. The van der Waals surface area contributed by atoms with E-state index in [-0.39, 0.29) is 11.8 Å². The Morgan fingerprint density at radius 1 is 1.16 bits per heavy atom. The minimum Gasteiger partial charge on any atom is -0.425 e. The number of aliphatic hydroxyl groups is 1. The summed E-state index contributed by atoms with van der Waals surface area (Å²) in [6.45, 7) is 1.37. The smallest absolute Gasteiger partial charge is 0.223 e. The lowest BCUT2D eigenvalue weighted by Crippen LogP contribution is -2.54. The van der Waals surface area contributed by atoms with E-state index >= 15 is 0 Å². The highest BCUT2D eigenvalue weighted by Gasteiger charge is 2.43. The minimum atomic E-state index is -0.530. The highest BCUT2D eigenvalue weighted by Crippen LogP contribution is 2.40. The molecule has 0 bridgehead atoms. The maximum Gasteiger partial charge on any atom is 0.223 e. The molecular formula is C19H29N3O3. The van der Waals surface area contributed by atoms with E-state index in [1.165, 1.54) is 19.3 Å². The predicted molar refractivity (Wildman–Crippen MR) is 91.9 cm³/mol. The lowest BCUT2D eigenvalue weighted by molar-refractivity contribution is -0.143. The van der Waals surface area contributed by atoms with Crippen LogP contribution in [-0.2, 0) is 11.2 Å². The molecule has 2 saturated carbocycles. The number of amides is 1.